The number of carbonyl (C=O) groups is 1. The van der Waals surface area contributed by atoms with Gasteiger partial charge in [-0.25, -0.2) is 9.97 Å². The van der Waals surface area contributed by atoms with Gasteiger partial charge in [0, 0.05) is 18.0 Å². The number of benzene rings is 1. The Labute approximate surface area is 161 Å². The van der Waals surface area contributed by atoms with Gasteiger partial charge in [-0.2, -0.15) is 0 Å². The summed E-state index contributed by atoms with van der Waals surface area (Å²) in [6.45, 7) is 3.82. The molecule has 0 aliphatic heterocycles. The molecule has 26 heavy (non-hydrogen) atoms. The standard InChI is InChI=1S/C21H27ClN2O2/c1-3-4-5-6-7-8-9-17-14-23-20(24-15-17)18-10-12-19(13-11-18)26-21(25)16(2)22/h10-16H,3-9H2,1-2H3. The molecular formula is C21H27ClN2O2. The van der Waals surface area contributed by atoms with Crippen LogP contribution in [0.1, 0.15) is 57.9 Å². The van der Waals surface area contributed by atoms with Crippen LogP contribution in [0.3, 0.4) is 0 Å². The predicted octanol–water partition coefficient (Wildman–Crippen LogP) is 5.58. The third-order valence-corrected chi connectivity index (χ3v) is 4.36. The molecule has 0 aliphatic rings. The first kappa shape index (κ1) is 20.4. The van der Waals surface area contributed by atoms with E-state index in [4.69, 9.17) is 16.3 Å². The molecule has 1 atom stereocenters. The average Bonchev–Trinajstić information content (AvgIpc) is 2.65. The van der Waals surface area contributed by atoms with Crippen LogP contribution in [-0.2, 0) is 11.2 Å². The van der Waals surface area contributed by atoms with Crippen molar-refractivity contribution in [3.05, 3.63) is 42.2 Å². The number of unbranched alkanes of at least 4 members (excludes halogenated alkanes) is 5. The zero-order valence-corrected chi connectivity index (χ0v) is 16.3. The molecule has 0 radical (unpaired) electrons. The van der Waals surface area contributed by atoms with Gasteiger partial charge in [-0.15, -0.1) is 11.6 Å². The van der Waals surface area contributed by atoms with Crippen molar-refractivity contribution in [2.45, 2.75) is 64.2 Å². The molecule has 2 aromatic rings. The lowest BCUT2D eigenvalue weighted by Gasteiger charge is -2.07. The summed E-state index contributed by atoms with van der Waals surface area (Å²) in [5.74, 6) is 0.668. The van der Waals surface area contributed by atoms with Gasteiger partial charge in [-0.05, 0) is 49.6 Å². The van der Waals surface area contributed by atoms with E-state index in [0.29, 0.717) is 11.6 Å². The summed E-state index contributed by atoms with van der Waals surface area (Å²) in [4.78, 5) is 20.4. The van der Waals surface area contributed by atoms with Crippen LogP contribution < -0.4 is 4.74 Å². The topological polar surface area (TPSA) is 52.1 Å². The van der Waals surface area contributed by atoms with E-state index in [-0.39, 0.29) is 0 Å². The number of aromatic nitrogens is 2. The minimum Gasteiger partial charge on any atom is -0.425 e. The summed E-state index contributed by atoms with van der Waals surface area (Å²) in [7, 11) is 0. The molecular weight excluding hydrogens is 348 g/mol. The molecule has 0 saturated carbocycles. The molecule has 0 bridgehead atoms. The summed E-state index contributed by atoms with van der Waals surface area (Å²) >= 11 is 5.69. The van der Waals surface area contributed by atoms with Crippen LogP contribution in [0.25, 0.3) is 11.4 Å². The number of nitrogens with zero attached hydrogens (tertiary/aromatic N) is 2. The van der Waals surface area contributed by atoms with Gasteiger partial charge in [0.2, 0.25) is 0 Å². The highest BCUT2D eigenvalue weighted by Gasteiger charge is 2.12. The molecule has 0 aliphatic carbocycles. The number of alkyl halides is 1. The number of carbonyl (C=O) groups excluding carboxylic acids is 1. The number of halogens is 1. The van der Waals surface area contributed by atoms with E-state index >= 15 is 0 Å². The lowest BCUT2D eigenvalue weighted by Crippen LogP contribution is -2.17. The molecule has 0 N–H and O–H groups in total. The molecule has 1 aromatic heterocycles. The fourth-order valence-electron chi connectivity index (χ4n) is 2.61. The van der Waals surface area contributed by atoms with Gasteiger partial charge in [-0.1, -0.05) is 39.0 Å². The quantitative estimate of drug-likeness (QED) is 0.236. The smallest absolute Gasteiger partial charge is 0.329 e. The van der Waals surface area contributed by atoms with Crippen LogP contribution in [0.15, 0.2) is 36.7 Å². The average molecular weight is 375 g/mol. The lowest BCUT2D eigenvalue weighted by molar-refractivity contribution is -0.133. The van der Waals surface area contributed by atoms with Crippen molar-refractivity contribution in [2.75, 3.05) is 0 Å². The van der Waals surface area contributed by atoms with Crippen molar-refractivity contribution >= 4 is 17.6 Å². The first-order valence-electron chi connectivity index (χ1n) is 9.37. The summed E-state index contributed by atoms with van der Waals surface area (Å²) < 4.78 is 5.15. The van der Waals surface area contributed by atoms with Crippen molar-refractivity contribution in [1.82, 2.24) is 9.97 Å². The Morgan fingerprint density at radius 2 is 1.65 bits per heavy atom. The van der Waals surface area contributed by atoms with Crippen LogP contribution in [0.2, 0.25) is 0 Å². The monoisotopic (exact) mass is 374 g/mol. The van der Waals surface area contributed by atoms with E-state index in [2.05, 4.69) is 16.9 Å². The Hall–Kier alpha value is -1.94. The number of ether oxygens (including phenoxy) is 1. The van der Waals surface area contributed by atoms with E-state index in [0.717, 1.165) is 12.0 Å². The van der Waals surface area contributed by atoms with Crippen molar-refractivity contribution in [3.8, 4) is 17.1 Å². The van der Waals surface area contributed by atoms with Gasteiger partial charge in [0.1, 0.15) is 11.1 Å². The van der Waals surface area contributed by atoms with Crippen LogP contribution in [0.5, 0.6) is 5.75 Å². The first-order valence-corrected chi connectivity index (χ1v) is 9.81. The van der Waals surface area contributed by atoms with Gasteiger partial charge in [-0.3, -0.25) is 4.79 Å². The number of hydrogen-bond donors (Lipinski definition) is 0. The Balaban J connectivity index is 1.84. The van der Waals surface area contributed by atoms with Gasteiger partial charge in [0.05, 0.1) is 0 Å². The van der Waals surface area contributed by atoms with Crippen molar-refractivity contribution < 1.29 is 9.53 Å². The van der Waals surface area contributed by atoms with Crippen molar-refractivity contribution in [2.24, 2.45) is 0 Å². The highest BCUT2D eigenvalue weighted by Crippen LogP contribution is 2.20. The molecule has 4 nitrogen and oxygen atoms in total. The zero-order valence-electron chi connectivity index (χ0n) is 15.6. The Bertz CT molecular complexity index is 669. The molecule has 1 unspecified atom stereocenters. The van der Waals surface area contributed by atoms with Gasteiger partial charge < -0.3 is 4.74 Å². The first-order chi connectivity index (χ1) is 12.6. The van der Waals surface area contributed by atoms with Gasteiger partial charge in [0.25, 0.3) is 0 Å². The molecule has 2 rings (SSSR count). The normalized spacial score (nSPS) is 12.0. The molecule has 1 aromatic carbocycles. The summed E-state index contributed by atoms with van der Waals surface area (Å²) in [6, 6.07) is 7.12. The highest BCUT2D eigenvalue weighted by atomic mass is 35.5. The lowest BCUT2D eigenvalue weighted by atomic mass is 10.1. The number of rotatable bonds is 10. The third-order valence-electron chi connectivity index (χ3n) is 4.18. The number of esters is 1. The summed E-state index contributed by atoms with van der Waals surface area (Å²) in [5, 5.41) is -0.669. The highest BCUT2D eigenvalue weighted by molar-refractivity contribution is 6.29. The van der Waals surface area contributed by atoms with Gasteiger partial charge >= 0.3 is 5.97 Å². The largest absolute Gasteiger partial charge is 0.425 e. The summed E-state index contributed by atoms with van der Waals surface area (Å²) in [6.07, 6.45) is 12.5. The fraction of sp³-hybridized carbons (Fsp3) is 0.476. The predicted molar refractivity (Wildman–Crippen MR) is 105 cm³/mol. The van der Waals surface area contributed by atoms with Crippen molar-refractivity contribution in [1.29, 1.82) is 0 Å². The minimum absolute atomic E-state index is 0.463. The second-order valence-electron chi connectivity index (χ2n) is 6.49. The van der Waals surface area contributed by atoms with E-state index in [1.165, 1.54) is 44.1 Å². The third kappa shape index (κ3) is 6.75. The molecule has 0 fully saturated rings. The van der Waals surface area contributed by atoms with Crippen molar-refractivity contribution in [3.63, 3.8) is 0 Å². The second kappa shape index (κ2) is 10.9. The van der Waals surface area contributed by atoms with Crippen LogP contribution in [-0.4, -0.2) is 21.3 Å². The van der Waals surface area contributed by atoms with Crippen LogP contribution in [0, 0.1) is 0 Å². The maximum atomic E-state index is 11.5. The summed E-state index contributed by atoms with van der Waals surface area (Å²) in [5.41, 5.74) is 2.06. The maximum absolute atomic E-state index is 11.5. The van der Waals surface area contributed by atoms with E-state index in [9.17, 15) is 4.79 Å². The molecule has 0 spiro atoms. The van der Waals surface area contributed by atoms with Crippen LogP contribution in [0.4, 0.5) is 0 Å². The molecule has 1 heterocycles. The Morgan fingerprint density at radius 1 is 1.04 bits per heavy atom. The number of hydrogen-bond acceptors (Lipinski definition) is 4. The van der Waals surface area contributed by atoms with Gasteiger partial charge in [0.15, 0.2) is 5.82 Å². The fourth-order valence-corrected chi connectivity index (χ4v) is 2.66. The molecule has 0 saturated heterocycles. The maximum Gasteiger partial charge on any atom is 0.329 e. The second-order valence-corrected chi connectivity index (χ2v) is 7.15. The van der Waals surface area contributed by atoms with Crippen LogP contribution >= 0.6 is 11.6 Å². The molecule has 0 amide bonds. The SMILES string of the molecule is CCCCCCCCc1cnc(-c2ccc(OC(=O)C(C)Cl)cc2)nc1. The van der Waals surface area contributed by atoms with E-state index in [1.54, 1.807) is 19.1 Å². The molecule has 5 heteroatoms. The Kier molecular flexibility index (Phi) is 8.56. The Morgan fingerprint density at radius 3 is 2.27 bits per heavy atom. The zero-order chi connectivity index (χ0) is 18.8. The molecule has 140 valence electrons. The van der Waals surface area contributed by atoms with E-state index in [1.807, 2.05) is 24.5 Å². The minimum atomic E-state index is -0.669. The number of aryl methyl sites for hydroxylation is 1. The van der Waals surface area contributed by atoms with E-state index < -0.39 is 11.3 Å².